The topological polar surface area (TPSA) is 72.2 Å². The van der Waals surface area contributed by atoms with Crippen LogP contribution in [0.25, 0.3) is 0 Å². The zero-order valence-corrected chi connectivity index (χ0v) is 12.0. The molecule has 98 valence electrons. The molecule has 0 aliphatic carbocycles. The zero-order chi connectivity index (χ0) is 12.2. The molecule has 4 nitrogen and oxygen atoms in total. The predicted molar refractivity (Wildman–Crippen MR) is 72.6 cm³/mol. The molecule has 0 aliphatic rings. The van der Waals surface area contributed by atoms with Gasteiger partial charge in [0.05, 0.1) is 5.02 Å². The number of hydrogen-bond donors (Lipinski definition) is 2. The Labute approximate surface area is 117 Å². The summed E-state index contributed by atoms with van der Waals surface area (Å²) < 4.78 is 26.0. The monoisotopic (exact) mass is 318 g/mol. The van der Waals surface area contributed by atoms with E-state index in [0.717, 1.165) is 0 Å². The van der Waals surface area contributed by atoms with E-state index in [1.807, 2.05) is 0 Å². The van der Waals surface area contributed by atoms with Crippen molar-refractivity contribution in [3.8, 4) is 0 Å². The average molecular weight is 320 g/mol. The summed E-state index contributed by atoms with van der Waals surface area (Å²) in [5, 5.41) is 0.466. The molecule has 0 spiro atoms. The highest BCUT2D eigenvalue weighted by atomic mass is 35.5. The molecular formula is C9H13Cl3N2O2S. The van der Waals surface area contributed by atoms with Crippen molar-refractivity contribution in [2.75, 3.05) is 13.1 Å². The summed E-state index contributed by atoms with van der Waals surface area (Å²) in [6.07, 6.45) is 0.567. The van der Waals surface area contributed by atoms with Gasteiger partial charge in [-0.2, -0.15) is 0 Å². The van der Waals surface area contributed by atoms with E-state index in [1.165, 1.54) is 18.2 Å². The van der Waals surface area contributed by atoms with Crippen LogP contribution in [-0.2, 0) is 10.0 Å². The van der Waals surface area contributed by atoms with E-state index >= 15 is 0 Å². The molecule has 17 heavy (non-hydrogen) atoms. The number of sulfonamides is 1. The van der Waals surface area contributed by atoms with Gasteiger partial charge in [-0.3, -0.25) is 0 Å². The minimum atomic E-state index is -3.61. The SMILES string of the molecule is Cl.NCCCNS(=O)(=O)c1cc(Cl)ccc1Cl. The van der Waals surface area contributed by atoms with Gasteiger partial charge >= 0.3 is 0 Å². The third kappa shape index (κ3) is 4.99. The average Bonchev–Trinajstić information content (AvgIpc) is 2.22. The third-order valence-corrected chi connectivity index (χ3v) is 4.03. The Morgan fingerprint density at radius 1 is 1.29 bits per heavy atom. The second-order valence-corrected chi connectivity index (χ2v) is 5.69. The van der Waals surface area contributed by atoms with Crippen LogP contribution < -0.4 is 10.5 Å². The Balaban J connectivity index is 0.00000256. The van der Waals surface area contributed by atoms with Gasteiger partial charge in [0.2, 0.25) is 10.0 Å². The highest BCUT2D eigenvalue weighted by Gasteiger charge is 2.17. The van der Waals surface area contributed by atoms with Crippen molar-refractivity contribution in [3.05, 3.63) is 28.2 Å². The molecule has 0 radical (unpaired) electrons. The smallest absolute Gasteiger partial charge is 0.242 e. The maximum Gasteiger partial charge on any atom is 0.242 e. The predicted octanol–water partition coefficient (Wildman–Crippen LogP) is 2.04. The molecular weight excluding hydrogens is 307 g/mol. The molecule has 0 aromatic heterocycles. The molecule has 0 amide bonds. The first-order chi connectivity index (χ1) is 7.47. The second-order valence-electron chi connectivity index (χ2n) is 3.11. The van der Waals surface area contributed by atoms with Crippen LogP contribution in [-0.4, -0.2) is 21.5 Å². The summed E-state index contributed by atoms with van der Waals surface area (Å²) in [5.74, 6) is 0. The van der Waals surface area contributed by atoms with Crippen LogP contribution in [0.1, 0.15) is 6.42 Å². The first-order valence-corrected chi connectivity index (χ1v) is 6.86. The van der Waals surface area contributed by atoms with E-state index in [-0.39, 0.29) is 28.9 Å². The van der Waals surface area contributed by atoms with Crippen LogP contribution in [0.4, 0.5) is 0 Å². The Morgan fingerprint density at radius 2 is 1.94 bits per heavy atom. The lowest BCUT2D eigenvalue weighted by Crippen LogP contribution is -2.26. The summed E-state index contributed by atoms with van der Waals surface area (Å²) in [6.45, 7) is 0.702. The highest BCUT2D eigenvalue weighted by molar-refractivity contribution is 7.89. The first-order valence-electron chi connectivity index (χ1n) is 4.62. The Morgan fingerprint density at radius 3 is 2.53 bits per heavy atom. The molecule has 0 saturated heterocycles. The fourth-order valence-electron chi connectivity index (χ4n) is 1.07. The van der Waals surface area contributed by atoms with Crippen LogP contribution >= 0.6 is 35.6 Å². The molecule has 0 heterocycles. The van der Waals surface area contributed by atoms with Crippen molar-refractivity contribution < 1.29 is 8.42 Å². The molecule has 3 N–H and O–H groups in total. The number of nitrogens with one attached hydrogen (secondary N) is 1. The van der Waals surface area contributed by atoms with E-state index in [4.69, 9.17) is 28.9 Å². The minimum Gasteiger partial charge on any atom is -0.330 e. The lowest BCUT2D eigenvalue weighted by atomic mass is 10.4. The normalized spacial score (nSPS) is 11.0. The number of rotatable bonds is 5. The van der Waals surface area contributed by atoms with Crippen molar-refractivity contribution in [1.82, 2.24) is 4.72 Å². The van der Waals surface area contributed by atoms with Crippen molar-refractivity contribution in [3.63, 3.8) is 0 Å². The van der Waals surface area contributed by atoms with Crippen molar-refractivity contribution in [2.24, 2.45) is 5.73 Å². The molecule has 0 unspecified atom stereocenters. The maximum absolute atomic E-state index is 11.8. The van der Waals surface area contributed by atoms with Gasteiger partial charge in [-0.15, -0.1) is 12.4 Å². The standard InChI is InChI=1S/C9H12Cl2N2O2S.ClH/c10-7-2-3-8(11)9(6-7)16(14,15)13-5-1-4-12;/h2-3,6,13H,1,4-5,12H2;1H. The van der Waals surface area contributed by atoms with Gasteiger partial charge in [-0.25, -0.2) is 13.1 Å². The minimum absolute atomic E-state index is 0. The summed E-state index contributed by atoms with van der Waals surface area (Å²) in [6, 6.07) is 4.29. The van der Waals surface area contributed by atoms with Gasteiger partial charge in [0, 0.05) is 11.6 Å². The van der Waals surface area contributed by atoms with Gasteiger partial charge in [0.25, 0.3) is 0 Å². The number of benzene rings is 1. The second kappa shape index (κ2) is 7.41. The van der Waals surface area contributed by atoms with Gasteiger partial charge in [-0.1, -0.05) is 23.2 Å². The van der Waals surface area contributed by atoms with E-state index in [1.54, 1.807) is 0 Å². The van der Waals surface area contributed by atoms with Gasteiger partial charge < -0.3 is 5.73 Å². The van der Waals surface area contributed by atoms with Crippen molar-refractivity contribution >= 4 is 45.6 Å². The van der Waals surface area contributed by atoms with E-state index in [0.29, 0.717) is 18.0 Å². The van der Waals surface area contributed by atoms with Gasteiger partial charge in [0.1, 0.15) is 4.90 Å². The first kappa shape index (κ1) is 17.0. The molecule has 0 bridgehead atoms. The molecule has 0 aliphatic heterocycles. The zero-order valence-electron chi connectivity index (χ0n) is 8.82. The van der Waals surface area contributed by atoms with E-state index in [9.17, 15) is 8.42 Å². The number of hydrogen-bond acceptors (Lipinski definition) is 3. The summed E-state index contributed by atoms with van der Waals surface area (Å²) >= 11 is 11.5. The quantitative estimate of drug-likeness (QED) is 0.816. The molecule has 0 saturated carbocycles. The van der Waals surface area contributed by atoms with Gasteiger partial charge in [-0.05, 0) is 31.2 Å². The fraction of sp³-hybridized carbons (Fsp3) is 0.333. The molecule has 0 atom stereocenters. The summed E-state index contributed by atoms with van der Waals surface area (Å²) in [4.78, 5) is -0.0151. The number of halogens is 3. The summed E-state index contributed by atoms with van der Waals surface area (Å²) in [7, 11) is -3.61. The van der Waals surface area contributed by atoms with Crippen LogP contribution in [0.5, 0.6) is 0 Å². The third-order valence-electron chi connectivity index (χ3n) is 1.86. The van der Waals surface area contributed by atoms with E-state index in [2.05, 4.69) is 4.72 Å². The highest BCUT2D eigenvalue weighted by Crippen LogP contribution is 2.24. The molecule has 8 heteroatoms. The van der Waals surface area contributed by atoms with Crippen molar-refractivity contribution in [1.29, 1.82) is 0 Å². The van der Waals surface area contributed by atoms with Crippen molar-refractivity contribution in [2.45, 2.75) is 11.3 Å². The molecule has 1 aromatic carbocycles. The Kier molecular flexibility index (Phi) is 7.39. The fourth-order valence-corrected chi connectivity index (χ4v) is 2.90. The van der Waals surface area contributed by atoms with Crippen LogP contribution in [0.2, 0.25) is 10.0 Å². The molecule has 1 rings (SSSR count). The number of nitrogens with two attached hydrogens (primary N) is 1. The lowest BCUT2D eigenvalue weighted by molar-refractivity contribution is 0.579. The maximum atomic E-state index is 11.8. The Bertz CT molecular complexity index is 465. The largest absolute Gasteiger partial charge is 0.330 e. The molecule has 1 aromatic rings. The van der Waals surface area contributed by atoms with Crippen LogP contribution in [0.3, 0.4) is 0 Å². The van der Waals surface area contributed by atoms with Gasteiger partial charge in [0.15, 0.2) is 0 Å². The summed E-state index contributed by atoms with van der Waals surface area (Å²) in [5.41, 5.74) is 5.27. The van der Waals surface area contributed by atoms with Crippen LogP contribution in [0.15, 0.2) is 23.1 Å². The Hall–Kier alpha value is -0.0400. The lowest BCUT2D eigenvalue weighted by Gasteiger charge is -2.07. The van der Waals surface area contributed by atoms with Crippen LogP contribution in [0, 0.1) is 0 Å². The molecule has 0 fully saturated rings. The van der Waals surface area contributed by atoms with E-state index < -0.39 is 10.0 Å².